The van der Waals surface area contributed by atoms with E-state index in [1.807, 2.05) is 49.4 Å². The van der Waals surface area contributed by atoms with Gasteiger partial charge in [0.2, 0.25) is 0 Å². The third kappa shape index (κ3) is 2.77. The number of carbonyl (C=O) groups excluding carboxylic acids is 1. The summed E-state index contributed by atoms with van der Waals surface area (Å²) in [5, 5.41) is 1.94. The Morgan fingerprint density at radius 1 is 1.14 bits per heavy atom. The van der Waals surface area contributed by atoms with E-state index in [1.54, 1.807) is 12.4 Å². The highest BCUT2D eigenvalue weighted by Crippen LogP contribution is 2.27. The maximum atomic E-state index is 11.4. The summed E-state index contributed by atoms with van der Waals surface area (Å²) in [5.74, 6) is 0.602. The highest BCUT2D eigenvalue weighted by Gasteiger charge is 2.08. The fourth-order valence-electron chi connectivity index (χ4n) is 2.38. The molecule has 0 radical (unpaired) electrons. The number of hydrogen-bond acceptors (Lipinski definition) is 3. The van der Waals surface area contributed by atoms with Gasteiger partial charge in [0.25, 0.3) is 0 Å². The zero-order chi connectivity index (χ0) is 14.7. The van der Waals surface area contributed by atoms with E-state index in [2.05, 4.69) is 4.98 Å². The highest BCUT2D eigenvalue weighted by molar-refractivity contribution is 6.00. The molecule has 0 atom stereocenters. The van der Waals surface area contributed by atoms with Crippen LogP contribution < -0.4 is 4.74 Å². The molecule has 104 valence electrons. The highest BCUT2D eigenvalue weighted by atomic mass is 16.5. The SMILES string of the molecule is Cc1cncc(COc2ccc3ccccc3c2C=O)c1. The number of rotatable bonds is 4. The monoisotopic (exact) mass is 277 g/mol. The predicted octanol–water partition coefficient (Wildman–Crippen LogP) is 3.93. The van der Waals surface area contributed by atoms with Crippen molar-refractivity contribution in [2.75, 3.05) is 0 Å². The van der Waals surface area contributed by atoms with E-state index in [9.17, 15) is 4.79 Å². The van der Waals surface area contributed by atoms with E-state index in [0.717, 1.165) is 28.2 Å². The Balaban J connectivity index is 1.92. The number of fused-ring (bicyclic) bond motifs is 1. The van der Waals surface area contributed by atoms with Crippen LogP contribution in [-0.2, 0) is 6.61 Å². The van der Waals surface area contributed by atoms with Crippen LogP contribution in [0, 0.1) is 6.92 Å². The van der Waals surface area contributed by atoms with Gasteiger partial charge in [-0.25, -0.2) is 0 Å². The fraction of sp³-hybridized carbons (Fsp3) is 0.111. The molecule has 1 aromatic heterocycles. The van der Waals surface area contributed by atoms with E-state index in [1.165, 1.54) is 0 Å². The van der Waals surface area contributed by atoms with Gasteiger partial charge in [-0.15, -0.1) is 0 Å². The Bertz CT molecular complexity index is 796. The van der Waals surface area contributed by atoms with Gasteiger partial charge in [-0.2, -0.15) is 0 Å². The van der Waals surface area contributed by atoms with Crippen LogP contribution in [0.2, 0.25) is 0 Å². The molecule has 0 aliphatic rings. The minimum absolute atomic E-state index is 0.397. The molecule has 0 bridgehead atoms. The molecule has 0 amide bonds. The molecule has 0 saturated carbocycles. The minimum Gasteiger partial charge on any atom is -0.488 e. The number of aromatic nitrogens is 1. The van der Waals surface area contributed by atoms with Crippen LogP contribution >= 0.6 is 0 Å². The normalized spacial score (nSPS) is 10.5. The van der Waals surface area contributed by atoms with Gasteiger partial charge in [0, 0.05) is 18.0 Å². The molecule has 3 nitrogen and oxygen atoms in total. The minimum atomic E-state index is 0.397. The number of nitrogens with zero attached hydrogens (tertiary/aromatic N) is 1. The number of pyridine rings is 1. The number of hydrogen-bond donors (Lipinski definition) is 0. The number of carbonyl (C=O) groups is 1. The first kappa shape index (κ1) is 13.3. The average Bonchev–Trinajstić information content (AvgIpc) is 2.52. The number of benzene rings is 2. The third-order valence-electron chi connectivity index (χ3n) is 3.37. The summed E-state index contributed by atoms with van der Waals surface area (Å²) in [6, 6.07) is 13.6. The van der Waals surface area contributed by atoms with Crippen molar-refractivity contribution in [3.8, 4) is 5.75 Å². The summed E-state index contributed by atoms with van der Waals surface area (Å²) < 4.78 is 5.81. The smallest absolute Gasteiger partial charge is 0.154 e. The lowest BCUT2D eigenvalue weighted by Crippen LogP contribution is -1.99. The zero-order valence-electron chi connectivity index (χ0n) is 11.7. The third-order valence-corrected chi connectivity index (χ3v) is 3.37. The summed E-state index contributed by atoms with van der Waals surface area (Å²) in [5.41, 5.74) is 2.67. The lowest BCUT2D eigenvalue weighted by Gasteiger charge is -2.11. The van der Waals surface area contributed by atoms with Gasteiger partial charge in [-0.1, -0.05) is 30.3 Å². The zero-order valence-corrected chi connectivity index (χ0v) is 11.7. The van der Waals surface area contributed by atoms with Crippen LogP contribution in [0.5, 0.6) is 5.75 Å². The van der Waals surface area contributed by atoms with E-state index in [-0.39, 0.29) is 0 Å². The quantitative estimate of drug-likeness (QED) is 0.678. The Labute approximate surface area is 123 Å². The lowest BCUT2D eigenvalue weighted by molar-refractivity contribution is 0.112. The van der Waals surface area contributed by atoms with Crippen molar-refractivity contribution in [2.24, 2.45) is 0 Å². The first-order valence-electron chi connectivity index (χ1n) is 6.78. The van der Waals surface area contributed by atoms with Crippen molar-refractivity contribution >= 4 is 17.1 Å². The summed E-state index contributed by atoms with van der Waals surface area (Å²) in [6.07, 6.45) is 4.43. The van der Waals surface area contributed by atoms with Crippen molar-refractivity contribution in [3.63, 3.8) is 0 Å². The van der Waals surface area contributed by atoms with E-state index in [4.69, 9.17) is 4.74 Å². The lowest BCUT2D eigenvalue weighted by atomic mass is 10.0. The van der Waals surface area contributed by atoms with Crippen molar-refractivity contribution in [3.05, 3.63) is 71.5 Å². The van der Waals surface area contributed by atoms with Crippen LogP contribution in [0.1, 0.15) is 21.5 Å². The van der Waals surface area contributed by atoms with Crippen molar-refractivity contribution in [1.29, 1.82) is 0 Å². The fourth-order valence-corrected chi connectivity index (χ4v) is 2.38. The summed E-state index contributed by atoms with van der Waals surface area (Å²) in [6.45, 7) is 2.39. The predicted molar refractivity (Wildman–Crippen MR) is 82.6 cm³/mol. The summed E-state index contributed by atoms with van der Waals surface area (Å²) >= 11 is 0. The molecule has 0 saturated heterocycles. The summed E-state index contributed by atoms with van der Waals surface area (Å²) in [4.78, 5) is 15.6. The van der Waals surface area contributed by atoms with Gasteiger partial charge in [0.05, 0.1) is 5.56 Å². The van der Waals surface area contributed by atoms with Gasteiger partial charge in [-0.05, 0) is 35.4 Å². The molecular weight excluding hydrogens is 262 g/mol. The van der Waals surface area contributed by atoms with Crippen LogP contribution in [-0.4, -0.2) is 11.3 Å². The topological polar surface area (TPSA) is 39.2 Å². The second-order valence-corrected chi connectivity index (χ2v) is 4.98. The molecule has 3 rings (SSSR count). The molecule has 0 aliphatic heterocycles. The summed E-state index contributed by atoms with van der Waals surface area (Å²) in [7, 11) is 0. The number of aldehydes is 1. The van der Waals surface area contributed by atoms with Crippen LogP contribution in [0.15, 0.2) is 54.9 Å². The first-order chi connectivity index (χ1) is 10.3. The van der Waals surface area contributed by atoms with E-state index in [0.29, 0.717) is 17.9 Å². The Morgan fingerprint density at radius 2 is 2.00 bits per heavy atom. The Morgan fingerprint density at radius 3 is 2.81 bits per heavy atom. The standard InChI is InChI=1S/C18H15NO2/c1-13-8-14(10-19-9-13)12-21-18-7-6-15-4-2-3-5-16(15)17(18)11-20/h2-11H,12H2,1H3. The van der Waals surface area contributed by atoms with Crippen LogP contribution in [0.3, 0.4) is 0 Å². The molecule has 0 N–H and O–H groups in total. The first-order valence-corrected chi connectivity index (χ1v) is 6.78. The maximum Gasteiger partial charge on any atom is 0.154 e. The molecule has 0 aliphatic carbocycles. The second kappa shape index (κ2) is 5.75. The second-order valence-electron chi connectivity index (χ2n) is 4.98. The van der Waals surface area contributed by atoms with Gasteiger partial charge in [-0.3, -0.25) is 9.78 Å². The van der Waals surface area contributed by atoms with Gasteiger partial charge < -0.3 is 4.74 Å². The largest absolute Gasteiger partial charge is 0.488 e. The van der Waals surface area contributed by atoms with Gasteiger partial charge >= 0.3 is 0 Å². The van der Waals surface area contributed by atoms with E-state index < -0.39 is 0 Å². The van der Waals surface area contributed by atoms with Crippen molar-refractivity contribution in [2.45, 2.75) is 13.5 Å². The number of aryl methyl sites for hydroxylation is 1. The molecule has 3 heteroatoms. The van der Waals surface area contributed by atoms with Gasteiger partial charge in [0.15, 0.2) is 6.29 Å². The van der Waals surface area contributed by atoms with Gasteiger partial charge in [0.1, 0.15) is 12.4 Å². The Kier molecular flexibility index (Phi) is 3.65. The maximum absolute atomic E-state index is 11.4. The molecule has 2 aromatic carbocycles. The number of ether oxygens (including phenoxy) is 1. The molecule has 0 unspecified atom stereocenters. The average molecular weight is 277 g/mol. The molecule has 21 heavy (non-hydrogen) atoms. The van der Waals surface area contributed by atoms with E-state index >= 15 is 0 Å². The molecule has 3 aromatic rings. The molecule has 0 fully saturated rings. The molecule has 1 heterocycles. The Hall–Kier alpha value is -2.68. The molecular formula is C18H15NO2. The van der Waals surface area contributed by atoms with Crippen LogP contribution in [0.25, 0.3) is 10.8 Å². The molecule has 0 spiro atoms. The van der Waals surface area contributed by atoms with Crippen molar-refractivity contribution in [1.82, 2.24) is 4.98 Å². The van der Waals surface area contributed by atoms with Crippen LogP contribution in [0.4, 0.5) is 0 Å². The van der Waals surface area contributed by atoms with Crippen molar-refractivity contribution < 1.29 is 9.53 Å².